The van der Waals surface area contributed by atoms with Crippen LogP contribution < -0.4 is 10.6 Å². The normalized spacial score (nSPS) is 29.5. The Morgan fingerprint density at radius 1 is 1.24 bits per heavy atom. The topological polar surface area (TPSA) is 105 Å². The van der Waals surface area contributed by atoms with E-state index in [1.54, 1.807) is 20.8 Å². The zero-order valence-electron chi connectivity index (χ0n) is 15.6. The minimum absolute atomic E-state index is 0.0360. The molecule has 0 aliphatic heterocycles. The van der Waals surface area contributed by atoms with E-state index in [-0.39, 0.29) is 24.3 Å². The molecule has 7 nitrogen and oxygen atoms in total. The molecule has 0 aromatic rings. The Morgan fingerprint density at radius 2 is 1.84 bits per heavy atom. The molecule has 0 aromatic heterocycles. The number of carboxylic acid groups (broad SMARTS) is 1. The first-order valence-corrected chi connectivity index (χ1v) is 9.13. The van der Waals surface area contributed by atoms with Crippen LogP contribution in [0.4, 0.5) is 0 Å². The van der Waals surface area contributed by atoms with Gasteiger partial charge in [-0.15, -0.1) is 0 Å². The molecule has 0 radical (unpaired) electrons. The Kier molecular flexibility index (Phi) is 5.76. The van der Waals surface area contributed by atoms with E-state index in [2.05, 4.69) is 10.6 Å². The smallest absolute Gasteiger partial charge is 0.330 e. The lowest BCUT2D eigenvalue weighted by Gasteiger charge is -2.58. The van der Waals surface area contributed by atoms with Gasteiger partial charge in [0.15, 0.2) is 0 Å². The maximum atomic E-state index is 12.5. The van der Waals surface area contributed by atoms with E-state index in [4.69, 9.17) is 4.74 Å². The largest absolute Gasteiger partial charge is 0.479 e. The van der Waals surface area contributed by atoms with Gasteiger partial charge >= 0.3 is 5.97 Å². The van der Waals surface area contributed by atoms with E-state index in [0.29, 0.717) is 6.61 Å². The van der Waals surface area contributed by atoms with Crippen LogP contribution in [0.5, 0.6) is 0 Å². The Hall–Kier alpha value is -1.63. The number of hydrogen-bond acceptors (Lipinski definition) is 4. The molecule has 0 heterocycles. The molecule has 0 bridgehead atoms. The highest BCUT2D eigenvalue weighted by molar-refractivity contribution is 5.93. The summed E-state index contributed by atoms with van der Waals surface area (Å²) in [6.45, 7) is 7.51. The molecule has 2 aliphatic rings. The quantitative estimate of drug-likeness (QED) is 0.642. The maximum Gasteiger partial charge on any atom is 0.330 e. The first kappa shape index (κ1) is 19.7. The van der Waals surface area contributed by atoms with Crippen molar-refractivity contribution in [1.82, 2.24) is 10.6 Å². The van der Waals surface area contributed by atoms with Gasteiger partial charge in [0.2, 0.25) is 11.8 Å². The van der Waals surface area contributed by atoms with Crippen LogP contribution in [0.2, 0.25) is 0 Å². The first-order chi connectivity index (χ1) is 11.7. The van der Waals surface area contributed by atoms with Crippen LogP contribution in [-0.4, -0.2) is 47.2 Å². The molecule has 2 rings (SSSR count). The van der Waals surface area contributed by atoms with Gasteiger partial charge in [-0.1, -0.05) is 26.7 Å². The van der Waals surface area contributed by atoms with Gasteiger partial charge in [0.25, 0.3) is 0 Å². The number of carboxylic acids is 1. The molecular weight excluding hydrogens is 324 g/mol. The second kappa shape index (κ2) is 7.32. The van der Waals surface area contributed by atoms with Crippen molar-refractivity contribution in [2.24, 2.45) is 11.3 Å². The van der Waals surface area contributed by atoms with Crippen LogP contribution in [0.3, 0.4) is 0 Å². The average molecular weight is 354 g/mol. The standard InChI is InChI=1S/C18H30N2O5/c1-5-25-13-10-18(16(23)24,17(13,3)4)20-14(21)11(2)19-15(22)12-8-6-7-9-12/h11-13H,5-10H2,1-4H3,(H,19,22)(H,20,21)(H,23,24). The molecule has 3 unspecified atom stereocenters. The fraction of sp³-hybridized carbons (Fsp3) is 0.833. The van der Waals surface area contributed by atoms with E-state index in [1.807, 2.05) is 6.92 Å². The van der Waals surface area contributed by atoms with Crippen LogP contribution >= 0.6 is 0 Å². The van der Waals surface area contributed by atoms with E-state index in [1.165, 1.54) is 0 Å². The van der Waals surface area contributed by atoms with Gasteiger partial charge in [0.1, 0.15) is 11.6 Å². The highest BCUT2D eigenvalue weighted by atomic mass is 16.5. The summed E-state index contributed by atoms with van der Waals surface area (Å²) in [5, 5.41) is 15.1. The summed E-state index contributed by atoms with van der Waals surface area (Å²) in [6, 6.07) is -0.772. The molecule has 3 atom stereocenters. The second-order valence-corrected chi connectivity index (χ2v) is 7.78. The molecule has 142 valence electrons. The first-order valence-electron chi connectivity index (χ1n) is 9.13. The molecule has 0 saturated heterocycles. The van der Waals surface area contributed by atoms with Gasteiger partial charge in [0, 0.05) is 24.4 Å². The van der Waals surface area contributed by atoms with Gasteiger partial charge in [-0.05, 0) is 26.7 Å². The summed E-state index contributed by atoms with van der Waals surface area (Å²) in [4.78, 5) is 36.6. The molecule has 25 heavy (non-hydrogen) atoms. The highest BCUT2D eigenvalue weighted by Gasteiger charge is 2.66. The summed E-state index contributed by atoms with van der Waals surface area (Å²) in [7, 11) is 0. The van der Waals surface area contributed by atoms with Crippen molar-refractivity contribution in [3.63, 3.8) is 0 Å². The van der Waals surface area contributed by atoms with Crippen LogP contribution in [0.15, 0.2) is 0 Å². The molecule has 2 saturated carbocycles. The van der Waals surface area contributed by atoms with Crippen molar-refractivity contribution in [3.8, 4) is 0 Å². The van der Waals surface area contributed by atoms with Gasteiger partial charge < -0.3 is 20.5 Å². The summed E-state index contributed by atoms with van der Waals surface area (Å²) < 4.78 is 5.59. The maximum absolute atomic E-state index is 12.5. The van der Waals surface area contributed by atoms with E-state index >= 15 is 0 Å². The third kappa shape index (κ3) is 3.52. The van der Waals surface area contributed by atoms with Crippen molar-refractivity contribution >= 4 is 17.8 Å². The zero-order chi connectivity index (χ0) is 18.8. The van der Waals surface area contributed by atoms with Crippen LogP contribution in [0.1, 0.15) is 59.8 Å². The van der Waals surface area contributed by atoms with Crippen LogP contribution in [0, 0.1) is 11.3 Å². The monoisotopic (exact) mass is 354 g/mol. The average Bonchev–Trinajstić information content (AvgIpc) is 3.07. The molecule has 7 heteroatoms. The molecule has 0 spiro atoms. The summed E-state index contributed by atoms with van der Waals surface area (Å²) in [5.41, 5.74) is -2.12. The minimum Gasteiger partial charge on any atom is -0.479 e. The predicted molar refractivity (Wildman–Crippen MR) is 91.9 cm³/mol. The SMILES string of the molecule is CCOC1CC(NC(=O)C(C)NC(=O)C2CCCC2)(C(=O)O)C1(C)C. The van der Waals surface area contributed by atoms with Gasteiger partial charge in [-0.25, -0.2) is 4.79 Å². The van der Waals surface area contributed by atoms with Gasteiger partial charge in [0.05, 0.1) is 6.10 Å². The minimum atomic E-state index is -1.38. The lowest BCUT2D eigenvalue weighted by Crippen LogP contribution is -2.77. The van der Waals surface area contributed by atoms with Crippen molar-refractivity contribution in [2.45, 2.75) is 77.5 Å². The number of carbonyl (C=O) groups excluding carboxylic acids is 2. The van der Waals surface area contributed by atoms with E-state index in [0.717, 1.165) is 25.7 Å². The van der Waals surface area contributed by atoms with Crippen LogP contribution in [0.25, 0.3) is 0 Å². The Labute approximate surface area is 148 Å². The van der Waals surface area contributed by atoms with Crippen LogP contribution in [-0.2, 0) is 19.1 Å². The summed E-state index contributed by atoms with van der Waals surface area (Å²) >= 11 is 0. The molecule has 0 aromatic carbocycles. The molecule has 2 aliphatic carbocycles. The fourth-order valence-electron chi connectivity index (χ4n) is 3.94. The number of ether oxygens (including phenoxy) is 1. The molecular formula is C18H30N2O5. The van der Waals surface area contributed by atoms with Gasteiger partial charge in [-0.2, -0.15) is 0 Å². The number of hydrogen-bond donors (Lipinski definition) is 3. The summed E-state index contributed by atoms with van der Waals surface area (Å²) in [6.07, 6.45) is 3.77. The predicted octanol–water partition coefficient (Wildman–Crippen LogP) is 1.46. The lowest BCUT2D eigenvalue weighted by molar-refractivity contribution is -0.194. The van der Waals surface area contributed by atoms with E-state index < -0.39 is 28.9 Å². The third-order valence-corrected chi connectivity index (χ3v) is 5.94. The zero-order valence-corrected chi connectivity index (χ0v) is 15.6. The van der Waals surface area contributed by atoms with Gasteiger partial charge in [-0.3, -0.25) is 9.59 Å². The number of aliphatic carboxylic acids is 1. The highest BCUT2D eigenvalue weighted by Crippen LogP contribution is 2.51. The third-order valence-electron chi connectivity index (χ3n) is 5.94. The van der Waals surface area contributed by atoms with Crippen molar-refractivity contribution in [2.75, 3.05) is 6.61 Å². The number of nitrogens with one attached hydrogen (secondary N) is 2. The van der Waals surface area contributed by atoms with E-state index in [9.17, 15) is 19.5 Å². The number of amides is 2. The van der Waals surface area contributed by atoms with Crippen molar-refractivity contribution in [1.29, 1.82) is 0 Å². The summed E-state index contributed by atoms with van der Waals surface area (Å²) in [5.74, 6) is -1.70. The molecule has 3 N–H and O–H groups in total. The number of rotatable bonds is 7. The van der Waals surface area contributed by atoms with Crippen molar-refractivity contribution < 1.29 is 24.2 Å². The Balaban J connectivity index is 2.01. The Bertz CT molecular complexity index is 542. The number of carbonyl (C=O) groups is 3. The fourth-order valence-corrected chi connectivity index (χ4v) is 3.94. The molecule has 2 fully saturated rings. The lowest BCUT2D eigenvalue weighted by atomic mass is 9.54. The molecule has 2 amide bonds. The Morgan fingerprint density at radius 3 is 2.32 bits per heavy atom. The second-order valence-electron chi connectivity index (χ2n) is 7.78. The van der Waals surface area contributed by atoms with Crippen molar-refractivity contribution in [3.05, 3.63) is 0 Å².